The SMILES string of the molecule is Cc1ccc2c(c1)N(CC1OCCO1)C(=O)CN2.Cc1ccc2ncc(=O)n(CC3OCCO3)c2c1. The minimum atomic E-state index is -0.339. The van der Waals surface area contributed by atoms with Gasteiger partial charge in [0.25, 0.3) is 5.56 Å². The molecule has 3 aromatic rings. The first-order valence-corrected chi connectivity index (χ1v) is 12.1. The number of aromatic nitrogens is 2. The number of hydrogen-bond donors (Lipinski definition) is 1. The number of anilines is 2. The fourth-order valence-electron chi connectivity index (χ4n) is 4.40. The lowest BCUT2D eigenvalue weighted by Crippen LogP contribution is -2.44. The van der Waals surface area contributed by atoms with E-state index >= 15 is 0 Å². The summed E-state index contributed by atoms with van der Waals surface area (Å²) in [6.45, 7) is 7.56. The Morgan fingerprint density at radius 2 is 1.53 bits per heavy atom. The number of ether oxygens (including phenoxy) is 4. The molecule has 10 nitrogen and oxygen atoms in total. The van der Waals surface area contributed by atoms with Crippen molar-refractivity contribution in [3.05, 3.63) is 64.1 Å². The summed E-state index contributed by atoms with van der Waals surface area (Å²) in [5, 5.41) is 3.12. The van der Waals surface area contributed by atoms with Crippen molar-refractivity contribution in [2.45, 2.75) is 33.0 Å². The Hall–Kier alpha value is -3.31. The van der Waals surface area contributed by atoms with E-state index in [9.17, 15) is 9.59 Å². The highest BCUT2D eigenvalue weighted by atomic mass is 16.7. The number of nitrogens with one attached hydrogen (secondary N) is 1. The van der Waals surface area contributed by atoms with Crippen LogP contribution in [0, 0.1) is 13.8 Å². The number of hydrogen-bond acceptors (Lipinski definition) is 8. The molecule has 1 aromatic heterocycles. The van der Waals surface area contributed by atoms with E-state index in [0.717, 1.165) is 33.5 Å². The highest BCUT2D eigenvalue weighted by molar-refractivity contribution is 6.02. The average molecular weight is 495 g/mol. The molecule has 0 unspecified atom stereocenters. The third-order valence-corrected chi connectivity index (χ3v) is 6.22. The second-order valence-electron chi connectivity index (χ2n) is 8.92. The summed E-state index contributed by atoms with van der Waals surface area (Å²) in [7, 11) is 0. The van der Waals surface area contributed by atoms with Crippen molar-refractivity contribution in [2.75, 3.05) is 49.7 Å². The third-order valence-electron chi connectivity index (χ3n) is 6.22. The van der Waals surface area contributed by atoms with Crippen LogP contribution in [-0.4, -0.2) is 67.6 Å². The molecule has 1 N–H and O–H groups in total. The van der Waals surface area contributed by atoms with Crippen molar-refractivity contribution >= 4 is 28.3 Å². The molecule has 0 aliphatic carbocycles. The Morgan fingerprint density at radius 3 is 2.25 bits per heavy atom. The second kappa shape index (κ2) is 10.8. The Balaban J connectivity index is 0.000000148. The van der Waals surface area contributed by atoms with E-state index in [1.165, 1.54) is 6.20 Å². The summed E-state index contributed by atoms with van der Waals surface area (Å²) in [5.41, 5.74) is 5.61. The summed E-state index contributed by atoms with van der Waals surface area (Å²) in [6, 6.07) is 11.9. The molecular formula is C26H30N4O6. The average Bonchev–Trinajstić information content (AvgIpc) is 3.58. The molecule has 2 fully saturated rings. The normalized spacial score (nSPS) is 18.2. The summed E-state index contributed by atoms with van der Waals surface area (Å²) >= 11 is 0. The number of amides is 1. The lowest BCUT2D eigenvalue weighted by Gasteiger charge is -2.31. The van der Waals surface area contributed by atoms with Crippen LogP contribution in [0.5, 0.6) is 0 Å². The van der Waals surface area contributed by atoms with Crippen molar-refractivity contribution in [1.29, 1.82) is 0 Å². The number of fused-ring (bicyclic) bond motifs is 2. The zero-order valence-corrected chi connectivity index (χ0v) is 20.4. The molecule has 3 aliphatic rings. The molecule has 190 valence electrons. The van der Waals surface area contributed by atoms with Gasteiger partial charge in [-0.2, -0.15) is 0 Å². The van der Waals surface area contributed by atoms with E-state index in [-0.39, 0.29) is 24.0 Å². The van der Waals surface area contributed by atoms with E-state index in [1.807, 2.05) is 50.2 Å². The van der Waals surface area contributed by atoms with Gasteiger partial charge in [-0.15, -0.1) is 0 Å². The van der Waals surface area contributed by atoms with Crippen molar-refractivity contribution in [1.82, 2.24) is 9.55 Å². The van der Waals surface area contributed by atoms with Gasteiger partial charge in [-0.3, -0.25) is 9.59 Å². The van der Waals surface area contributed by atoms with Crippen LogP contribution in [0.1, 0.15) is 11.1 Å². The van der Waals surface area contributed by atoms with E-state index in [1.54, 1.807) is 9.47 Å². The number of carbonyl (C=O) groups excluding carboxylic acids is 1. The summed E-state index contributed by atoms with van der Waals surface area (Å²) in [6.07, 6.45) is 0.696. The van der Waals surface area contributed by atoms with Crippen LogP contribution in [0.4, 0.5) is 11.4 Å². The minimum absolute atomic E-state index is 0.0483. The number of rotatable bonds is 4. The molecule has 10 heteroatoms. The van der Waals surface area contributed by atoms with Crippen LogP contribution < -0.4 is 15.8 Å². The highest BCUT2D eigenvalue weighted by Gasteiger charge is 2.28. The standard InChI is InChI=1S/C13H16N2O3.C13H14N2O3/c2*1-9-2-3-10-11(6-9)15(12(16)7-14-10)8-13-17-4-5-18-13/h2-3,6,13-14H,4-5,7-8H2,1H3;2-3,6-7,13H,4-5,8H2,1H3. The van der Waals surface area contributed by atoms with E-state index in [2.05, 4.69) is 10.3 Å². The predicted molar refractivity (Wildman–Crippen MR) is 134 cm³/mol. The maximum absolute atomic E-state index is 12.0. The first-order valence-electron chi connectivity index (χ1n) is 12.1. The number of aryl methyl sites for hydroxylation is 2. The number of benzene rings is 2. The molecule has 0 bridgehead atoms. The molecule has 6 rings (SSSR count). The summed E-state index contributed by atoms with van der Waals surface area (Å²) < 4.78 is 23.3. The Labute approximate surface area is 208 Å². The van der Waals surface area contributed by atoms with Crippen molar-refractivity contribution in [2.24, 2.45) is 0 Å². The monoisotopic (exact) mass is 494 g/mol. The van der Waals surface area contributed by atoms with Crippen LogP contribution in [0.25, 0.3) is 11.0 Å². The maximum atomic E-state index is 12.0. The molecule has 0 radical (unpaired) electrons. The van der Waals surface area contributed by atoms with Crippen LogP contribution in [-0.2, 0) is 30.3 Å². The molecule has 4 heterocycles. The van der Waals surface area contributed by atoms with Gasteiger partial charge in [0.1, 0.15) is 0 Å². The second-order valence-corrected chi connectivity index (χ2v) is 8.92. The van der Waals surface area contributed by atoms with Gasteiger partial charge < -0.3 is 33.7 Å². The molecule has 36 heavy (non-hydrogen) atoms. The van der Waals surface area contributed by atoms with Gasteiger partial charge in [0.15, 0.2) is 12.6 Å². The molecule has 3 aliphatic heterocycles. The van der Waals surface area contributed by atoms with Gasteiger partial charge in [-0.25, -0.2) is 4.98 Å². The first-order chi connectivity index (χ1) is 17.5. The number of nitrogens with zero attached hydrogens (tertiary/aromatic N) is 3. The zero-order chi connectivity index (χ0) is 25.1. The number of carbonyl (C=O) groups is 1. The van der Waals surface area contributed by atoms with E-state index in [0.29, 0.717) is 46.1 Å². The smallest absolute Gasteiger partial charge is 0.269 e. The minimum Gasteiger partial charge on any atom is -0.374 e. The van der Waals surface area contributed by atoms with Gasteiger partial charge in [-0.1, -0.05) is 12.1 Å². The molecular weight excluding hydrogens is 464 g/mol. The van der Waals surface area contributed by atoms with Gasteiger partial charge in [0.05, 0.1) is 74.7 Å². The lowest BCUT2D eigenvalue weighted by atomic mass is 10.1. The van der Waals surface area contributed by atoms with Crippen LogP contribution >= 0.6 is 0 Å². The first kappa shape index (κ1) is 24.4. The predicted octanol–water partition coefficient (Wildman–Crippen LogP) is 2.20. The topological polar surface area (TPSA) is 104 Å². The molecule has 1 amide bonds. The quantitative estimate of drug-likeness (QED) is 0.589. The van der Waals surface area contributed by atoms with E-state index < -0.39 is 0 Å². The van der Waals surface area contributed by atoms with Gasteiger partial charge in [-0.05, 0) is 49.2 Å². The molecule has 0 saturated carbocycles. The Morgan fingerprint density at radius 1 is 0.889 bits per heavy atom. The van der Waals surface area contributed by atoms with Crippen LogP contribution in [0.15, 0.2) is 47.4 Å². The van der Waals surface area contributed by atoms with Gasteiger partial charge in [0.2, 0.25) is 5.91 Å². The van der Waals surface area contributed by atoms with Crippen molar-refractivity contribution in [3.8, 4) is 0 Å². The molecule has 2 aromatic carbocycles. The molecule has 0 spiro atoms. The van der Waals surface area contributed by atoms with Crippen molar-refractivity contribution in [3.63, 3.8) is 0 Å². The largest absolute Gasteiger partial charge is 0.374 e. The van der Waals surface area contributed by atoms with Crippen molar-refractivity contribution < 1.29 is 23.7 Å². The van der Waals surface area contributed by atoms with Crippen LogP contribution in [0.2, 0.25) is 0 Å². The van der Waals surface area contributed by atoms with Crippen LogP contribution in [0.3, 0.4) is 0 Å². The highest BCUT2D eigenvalue weighted by Crippen LogP contribution is 2.31. The lowest BCUT2D eigenvalue weighted by molar-refractivity contribution is -0.118. The Kier molecular flexibility index (Phi) is 7.28. The molecule has 0 atom stereocenters. The van der Waals surface area contributed by atoms with Gasteiger partial charge in [0, 0.05) is 0 Å². The zero-order valence-electron chi connectivity index (χ0n) is 20.4. The third kappa shape index (κ3) is 5.41. The molecule has 2 saturated heterocycles. The maximum Gasteiger partial charge on any atom is 0.269 e. The summed E-state index contributed by atoms with van der Waals surface area (Å²) in [5.74, 6) is 0.0483. The van der Waals surface area contributed by atoms with Gasteiger partial charge >= 0.3 is 0 Å². The fraction of sp³-hybridized carbons (Fsp3) is 0.423. The Bertz CT molecular complexity index is 1300. The fourth-order valence-corrected chi connectivity index (χ4v) is 4.40. The summed E-state index contributed by atoms with van der Waals surface area (Å²) in [4.78, 5) is 29.8. The van der Waals surface area contributed by atoms with E-state index in [4.69, 9.17) is 18.9 Å².